The number of furan rings is 2. The van der Waals surface area contributed by atoms with Crippen molar-refractivity contribution in [2.24, 2.45) is 0 Å². The van der Waals surface area contributed by atoms with Crippen LogP contribution in [0.5, 0.6) is 0 Å². The van der Waals surface area contributed by atoms with Gasteiger partial charge in [-0.25, -0.2) is 74.8 Å². The van der Waals surface area contributed by atoms with E-state index in [1.807, 2.05) is 247 Å². The van der Waals surface area contributed by atoms with E-state index in [0.717, 1.165) is 141 Å². The minimum absolute atomic E-state index is 0.626. The summed E-state index contributed by atoms with van der Waals surface area (Å²) in [5, 5.41) is 9.49. The zero-order valence-corrected chi connectivity index (χ0v) is 72.8. The van der Waals surface area contributed by atoms with Crippen molar-refractivity contribution in [3.8, 4) is 125 Å². The van der Waals surface area contributed by atoms with Crippen molar-refractivity contribution in [1.82, 2.24) is 74.8 Å². The summed E-state index contributed by atoms with van der Waals surface area (Å²) in [6.45, 7) is 9.52. The fourth-order valence-corrected chi connectivity index (χ4v) is 18.8. The van der Waals surface area contributed by atoms with Crippen molar-refractivity contribution in [3.05, 3.63) is 404 Å². The quantitative estimate of drug-likeness (QED) is 0.124. The van der Waals surface area contributed by atoms with E-state index in [1.54, 1.807) is 22.7 Å². The molecule has 17 nitrogen and oxygen atoms in total. The number of nitrogens with zero attached hydrogens (tertiary/aromatic N) is 15. The number of hydrogen-bond donors (Lipinski definition) is 0. The average molecular weight is 1720 g/mol. The lowest BCUT2D eigenvalue weighted by Crippen LogP contribution is -1.99. The summed E-state index contributed by atoms with van der Waals surface area (Å²) in [5.74, 6) is 10.5. The van der Waals surface area contributed by atoms with Gasteiger partial charge in [-0.1, -0.05) is 303 Å². The Morgan fingerprint density at radius 1 is 0.192 bits per heavy atom. The third-order valence-corrected chi connectivity index (χ3v) is 24.9. The second kappa shape index (κ2) is 35.4. The molecule has 0 radical (unpaired) electrons. The molecule has 9 aromatic heterocycles. The van der Waals surface area contributed by atoms with Gasteiger partial charge in [0.2, 0.25) is 0 Å². The molecule has 0 N–H and O–H groups in total. The lowest BCUT2D eigenvalue weighted by molar-refractivity contribution is 0.669. The number of para-hydroxylation sites is 3. The molecule has 1 aliphatic carbocycles. The summed E-state index contributed by atoms with van der Waals surface area (Å²) in [6.07, 6.45) is 0.997. The average Bonchev–Trinajstić information content (AvgIpc) is 1.62. The zero-order chi connectivity index (χ0) is 87.5. The Morgan fingerprint density at radius 3 is 1.03 bits per heavy atom. The fourth-order valence-electron chi connectivity index (χ4n) is 16.5. The van der Waals surface area contributed by atoms with Gasteiger partial charge < -0.3 is 8.83 Å². The highest BCUT2D eigenvalue weighted by molar-refractivity contribution is 7.26. The van der Waals surface area contributed by atoms with Crippen LogP contribution in [0.15, 0.2) is 373 Å². The number of aromatic nitrogens is 15. The van der Waals surface area contributed by atoms with Crippen LogP contribution in [-0.2, 0) is 6.42 Å². The molecule has 0 saturated carbocycles. The monoisotopic (exact) mass is 1720 g/mol. The largest absolute Gasteiger partial charge is 0.456 e. The Bertz CT molecular complexity index is 7960. The molecule has 130 heavy (non-hydrogen) atoms. The van der Waals surface area contributed by atoms with Crippen molar-refractivity contribution >= 4 is 107 Å². The van der Waals surface area contributed by atoms with E-state index in [-0.39, 0.29) is 0 Å². The van der Waals surface area contributed by atoms with E-state index in [4.69, 9.17) is 28.8 Å². The van der Waals surface area contributed by atoms with Crippen LogP contribution in [0, 0.1) is 34.6 Å². The molecule has 25 rings (SSSR count). The highest BCUT2D eigenvalue weighted by Crippen LogP contribution is 2.43. The second-order valence-corrected chi connectivity index (χ2v) is 33.5. The van der Waals surface area contributed by atoms with Crippen molar-refractivity contribution in [2.45, 2.75) is 41.0 Å². The lowest BCUT2D eigenvalue weighted by Gasteiger charge is -2.08. The highest BCUT2D eigenvalue weighted by atomic mass is 32.1. The molecular weight excluding hydrogens is 1640 g/mol. The molecule has 24 aromatic rings. The maximum Gasteiger partial charge on any atom is 0.167 e. The summed E-state index contributed by atoms with van der Waals surface area (Å²) < 4.78 is 17.2. The predicted octanol–water partition coefficient (Wildman–Crippen LogP) is 27.7. The molecule has 0 saturated heterocycles. The Hall–Kier alpha value is -16.6. The first kappa shape index (κ1) is 80.5. The molecule has 0 amide bonds. The molecule has 15 aromatic carbocycles. The molecule has 0 unspecified atom stereocenters. The maximum atomic E-state index is 6.12. The van der Waals surface area contributed by atoms with Crippen molar-refractivity contribution < 1.29 is 8.83 Å². The third-order valence-electron chi connectivity index (χ3n) is 22.5. The van der Waals surface area contributed by atoms with Crippen LogP contribution in [0.25, 0.3) is 209 Å². The maximum absolute atomic E-state index is 6.12. The molecule has 0 aliphatic heterocycles. The van der Waals surface area contributed by atoms with Gasteiger partial charge in [0, 0.05) is 112 Å². The Balaban J connectivity index is 0.0000000983. The van der Waals surface area contributed by atoms with E-state index in [0.29, 0.717) is 52.4 Å². The van der Waals surface area contributed by atoms with E-state index in [9.17, 15) is 0 Å². The first-order valence-electron chi connectivity index (χ1n) is 42.7. The number of fused-ring (bicyclic) bond motifs is 15. The third kappa shape index (κ3) is 16.7. The van der Waals surface area contributed by atoms with Gasteiger partial charge in [-0.2, -0.15) is 0 Å². The molecule has 0 fully saturated rings. The Morgan fingerprint density at radius 2 is 0.515 bits per heavy atom. The normalized spacial score (nSPS) is 11.4. The molecule has 9 heterocycles. The van der Waals surface area contributed by atoms with E-state index in [1.165, 1.54) is 62.6 Å². The van der Waals surface area contributed by atoms with Crippen molar-refractivity contribution in [3.63, 3.8) is 0 Å². The van der Waals surface area contributed by atoms with Gasteiger partial charge in [-0.05, 0) is 124 Å². The summed E-state index contributed by atoms with van der Waals surface area (Å²) in [7, 11) is 0. The summed E-state index contributed by atoms with van der Waals surface area (Å²) >= 11 is 3.59. The molecule has 19 heteroatoms. The number of benzene rings is 15. The van der Waals surface area contributed by atoms with Gasteiger partial charge in [0.25, 0.3) is 0 Å². The standard InChI is InChI=1S/C23H17N3.2C22H15N3O.2C22H15N3S/c1-15-24-22(16-7-3-2-4-8-16)26-23(25-15)19-12-11-18-13-17-9-5-6-10-20(17)21(18)14-19;1-14-23-21(15-8-3-2-4-9-15)25-22(24-14)18-12-7-11-17-16-10-5-6-13-19(16)26-20(17)18;1-14-23-21(15-7-3-2-4-8-15)25-22(24-14)16-11-12-18-17-9-5-6-10-19(17)26-20(18)13-16;1-14-23-21(15-8-3-2-4-9-15)25-22(24-14)18-12-7-11-17-16-10-5-6-13-19(16)26-20(17)18;1-14-23-21(15-7-3-2-4-8-15)25-22(24-14)16-11-12-18-17-9-5-6-10-19(17)26-20(18)13-16/h2-12,14H,13H2,1H3;4*2-13H,1H3. The van der Waals surface area contributed by atoms with Gasteiger partial charge in [-0.15, -0.1) is 22.7 Å². The van der Waals surface area contributed by atoms with E-state index >= 15 is 0 Å². The SMILES string of the molecule is Cc1nc(-c2ccccc2)nc(-c2ccc3c(c2)-c2ccccc2C3)n1.Cc1nc(-c2ccccc2)nc(-c2ccc3c(c2)oc2ccccc23)n1.Cc1nc(-c2ccccc2)nc(-c2ccc3c(c2)sc2ccccc23)n1.Cc1nc(-c2ccccc2)nc(-c2cccc3c2oc2ccccc23)n1.Cc1nc(-c2ccccc2)nc(-c2cccc3c2sc2ccccc23)n1. The van der Waals surface area contributed by atoms with Crippen molar-refractivity contribution in [2.75, 3.05) is 0 Å². The molecular formula is C111H77N15O2S2. The van der Waals surface area contributed by atoms with Crippen LogP contribution >= 0.6 is 22.7 Å². The van der Waals surface area contributed by atoms with E-state index in [2.05, 4.69) is 206 Å². The van der Waals surface area contributed by atoms with Gasteiger partial charge in [-0.3, -0.25) is 0 Å². The summed E-state index contributed by atoms with van der Waals surface area (Å²) in [4.78, 5) is 69.0. The van der Waals surface area contributed by atoms with Gasteiger partial charge in [0.05, 0.1) is 5.56 Å². The molecule has 620 valence electrons. The van der Waals surface area contributed by atoms with Crippen LogP contribution in [0.2, 0.25) is 0 Å². The lowest BCUT2D eigenvalue weighted by atomic mass is 10.0. The molecule has 0 atom stereocenters. The summed E-state index contributed by atoms with van der Waals surface area (Å²) in [5.41, 5.74) is 18.6. The number of hydrogen-bond acceptors (Lipinski definition) is 19. The first-order valence-corrected chi connectivity index (χ1v) is 44.3. The van der Waals surface area contributed by atoms with E-state index < -0.39 is 0 Å². The predicted molar refractivity (Wildman–Crippen MR) is 526 cm³/mol. The Labute approximate surface area is 755 Å². The first-order chi connectivity index (χ1) is 63.9. The number of thiophene rings is 2. The fraction of sp³-hybridized carbons (Fsp3) is 0.0541. The van der Waals surface area contributed by atoms with Crippen LogP contribution in [0.4, 0.5) is 0 Å². The van der Waals surface area contributed by atoms with Gasteiger partial charge in [0.1, 0.15) is 51.5 Å². The zero-order valence-electron chi connectivity index (χ0n) is 71.2. The minimum atomic E-state index is 0.626. The Kier molecular flexibility index (Phi) is 21.9. The van der Waals surface area contributed by atoms with Crippen LogP contribution in [0.3, 0.4) is 0 Å². The minimum Gasteiger partial charge on any atom is -0.456 e. The number of rotatable bonds is 10. The van der Waals surface area contributed by atoms with Gasteiger partial charge in [0.15, 0.2) is 58.2 Å². The van der Waals surface area contributed by atoms with Gasteiger partial charge >= 0.3 is 0 Å². The van der Waals surface area contributed by atoms with Crippen LogP contribution in [0.1, 0.15) is 40.2 Å². The van der Waals surface area contributed by atoms with Crippen LogP contribution in [-0.4, -0.2) is 74.8 Å². The summed E-state index contributed by atoms with van der Waals surface area (Å²) in [6, 6.07) is 123. The molecule has 0 spiro atoms. The topological polar surface area (TPSA) is 220 Å². The molecule has 1 aliphatic rings. The number of aryl methyl sites for hydroxylation is 5. The molecule has 0 bridgehead atoms. The highest BCUT2D eigenvalue weighted by Gasteiger charge is 2.23. The van der Waals surface area contributed by atoms with Crippen LogP contribution < -0.4 is 0 Å². The van der Waals surface area contributed by atoms with Crippen molar-refractivity contribution in [1.29, 1.82) is 0 Å². The second-order valence-electron chi connectivity index (χ2n) is 31.4. The smallest absolute Gasteiger partial charge is 0.167 e.